The molecule has 2 N–H and O–H groups in total. The number of nitrogens with one attached hydrogen (secondary N) is 2. The summed E-state index contributed by atoms with van der Waals surface area (Å²) in [6.45, 7) is 13.0. The lowest BCUT2D eigenvalue weighted by Gasteiger charge is -2.38. The van der Waals surface area contributed by atoms with E-state index >= 15 is 0 Å². The lowest BCUT2D eigenvalue weighted by molar-refractivity contribution is 0.102. The molecule has 1 aliphatic heterocycles. The van der Waals surface area contributed by atoms with E-state index in [4.69, 9.17) is 9.47 Å². The summed E-state index contributed by atoms with van der Waals surface area (Å²) < 4.78 is 12.2. The second-order valence-electron chi connectivity index (χ2n) is 12.3. The van der Waals surface area contributed by atoms with Gasteiger partial charge in [-0.05, 0) is 92.9 Å². The third kappa shape index (κ3) is 8.11. The monoisotopic (exact) mass is 642 g/mol. The summed E-state index contributed by atoms with van der Waals surface area (Å²) in [7, 11) is 0. The van der Waals surface area contributed by atoms with Gasteiger partial charge in [-0.2, -0.15) is 4.98 Å². The predicted octanol–water partition coefficient (Wildman–Crippen LogP) is 7.99. The number of hydrogen-bond donors (Lipinski definition) is 2. The van der Waals surface area contributed by atoms with E-state index in [1.54, 1.807) is 12.1 Å². The molecule has 246 valence electrons. The second-order valence-corrected chi connectivity index (χ2v) is 12.3. The van der Waals surface area contributed by atoms with Crippen LogP contribution in [0, 0.1) is 13.8 Å². The first kappa shape index (κ1) is 32.5. The van der Waals surface area contributed by atoms with Crippen LogP contribution in [0.4, 0.5) is 23.0 Å². The van der Waals surface area contributed by atoms with Crippen LogP contribution in [-0.2, 0) is 6.61 Å². The summed E-state index contributed by atoms with van der Waals surface area (Å²) in [5.41, 5.74) is 5.98. The number of rotatable bonds is 11. The minimum atomic E-state index is -0.362. The van der Waals surface area contributed by atoms with Crippen molar-refractivity contribution >= 4 is 28.9 Å². The molecule has 0 atom stereocenters. The summed E-state index contributed by atoms with van der Waals surface area (Å²) in [6.07, 6.45) is 1.49. The molecule has 0 spiro atoms. The lowest BCUT2D eigenvalue weighted by Crippen LogP contribution is -2.48. The van der Waals surface area contributed by atoms with Crippen LogP contribution in [0.25, 0.3) is 0 Å². The number of aryl methyl sites for hydroxylation is 2. The smallest absolute Gasteiger partial charge is 0.262 e. The summed E-state index contributed by atoms with van der Waals surface area (Å²) in [6, 6.07) is 31.9. The molecule has 1 aliphatic rings. The maximum atomic E-state index is 13.6. The van der Waals surface area contributed by atoms with Crippen LogP contribution in [0.5, 0.6) is 17.4 Å². The molecule has 5 aromatic rings. The average Bonchev–Trinajstić information content (AvgIpc) is 3.10. The average molecular weight is 643 g/mol. The van der Waals surface area contributed by atoms with E-state index in [2.05, 4.69) is 56.4 Å². The Hall–Kier alpha value is -5.41. The van der Waals surface area contributed by atoms with Gasteiger partial charge in [-0.3, -0.25) is 9.69 Å². The zero-order valence-corrected chi connectivity index (χ0v) is 27.9. The Morgan fingerprint density at radius 3 is 2.15 bits per heavy atom. The number of aromatic nitrogens is 2. The molecular weight excluding hydrogens is 600 g/mol. The number of para-hydroxylation sites is 1. The fourth-order valence-electron chi connectivity index (χ4n) is 5.69. The highest BCUT2D eigenvalue weighted by molar-refractivity contribution is 6.06. The number of ether oxygens (including phenoxy) is 2. The molecule has 9 heteroatoms. The van der Waals surface area contributed by atoms with Gasteiger partial charge in [0.1, 0.15) is 23.7 Å². The minimum Gasteiger partial charge on any atom is -0.489 e. The van der Waals surface area contributed by atoms with Gasteiger partial charge in [0.05, 0.1) is 0 Å². The number of nitrogens with zero attached hydrogens (tertiary/aromatic N) is 4. The number of amides is 1. The Kier molecular flexibility index (Phi) is 10.2. The highest BCUT2D eigenvalue weighted by Gasteiger charge is 2.21. The number of anilines is 4. The molecule has 0 unspecified atom stereocenters. The van der Waals surface area contributed by atoms with Crippen molar-refractivity contribution in [2.24, 2.45) is 0 Å². The molecule has 0 bridgehead atoms. The molecule has 6 rings (SSSR count). The maximum absolute atomic E-state index is 13.6. The van der Waals surface area contributed by atoms with Crippen molar-refractivity contribution in [3.8, 4) is 17.4 Å². The Bertz CT molecular complexity index is 1800. The molecular formula is C39H42N6O3. The van der Waals surface area contributed by atoms with E-state index in [0.29, 0.717) is 30.1 Å². The van der Waals surface area contributed by atoms with Crippen molar-refractivity contribution in [1.29, 1.82) is 0 Å². The van der Waals surface area contributed by atoms with Gasteiger partial charge in [-0.25, -0.2) is 4.98 Å². The van der Waals surface area contributed by atoms with Crippen molar-refractivity contribution in [3.63, 3.8) is 0 Å². The van der Waals surface area contributed by atoms with Crippen LogP contribution in [0.1, 0.15) is 40.9 Å². The molecule has 0 radical (unpaired) electrons. The normalized spacial score (nSPS) is 13.3. The second kappa shape index (κ2) is 15.0. The van der Waals surface area contributed by atoms with Crippen LogP contribution >= 0.6 is 0 Å². The van der Waals surface area contributed by atoms with Gasteiger partial charge >= 0.3 is 0 Å². The summed E-state index contributed by atoms with van der Waals surface area (Å²) in [5, 5.41) is 6.31. The Labute approximate surface area is 282 Å². The molecule has 0 saturated carbocycles. The fourth-order valence-corrected chi connectivity index (χ4v) is 5.69. The van der Waals surface area contributed by atoms with Gasteiger partial charge < -0.3 is 25.0 Å². The molecule has 48 heavy (non-hydrogen) atoms. The molecule has 1 saturated heterocycles. The van der Waals surface area contributed by atoms with E-state index in [-0.39, 0.29) is 17.4 Å². The molecule has 1 fully saturated rings. The third-order valence-corrected chi connectivity index (χ3v) is 8.54. The number of benzene rings is 4. The molecule has 9 nitrogen and oxygen atoms in total. The van der Waals surface area contributed by atoms with Crippen molar-refractivity contribution in [3.05, 3.63) is 126 Å². The van der Waals surface area contributed by atoms with Gasteiger partial charge in [0.15, 0.2) is 0 Å². The summed E-state index contributed by atoms with van der Waals surface area (Å²) in [4.78, 5) is 27.7. The number of carbonyl (C=O) groups is 1. The first-order valence-corrected chi connectivity index (χ1v) is 16.4. The molecule has 0 aliphatic carbocycles. The SMILES string of the molecule is Cc1cccc(C)c1NC(=O)c1cnc(Nc2ccc(N3CCN(C(C)C)CC3)cc2)nc1Oc1ccc(OCc2ccccc2)cc1. The van der Waals surface area contributed by atoms with Crippen molar-refractivity contribution in [2.45, 2.75) is 40.3 Å². The van der Waals surface area contributed by atoms with Gasteiger partial charge in [-0.15, -0.1) is 0 Å². The largest absolute Gasteiger partial charge is 0.489 e. The quantitative estimate of drug-likeness (QED) is 0.150. The number of carbonyl (C=O) groups excluding carboxylic acids is 1. The van der Waals surface area contributed by atoms with Crippen LogP contribution < -0.4 is 25.0 Å². The van der Waals surface area contributed by atoms with Crippen molar-refractivity contribution < 1.29 is 14.3 Å². The fraction of sp³-hybridized carbons (Fsp3) is 0.256. The van der Waals surface area contributed by atoms with Crippen LogP contribution in [0.3, 0.4) is 0 Å². The van der Waals surface area contributed by atoms with Gasteiger partial charge in [0.2, 0.25) is 11.8 Å². The standard InChI is InChI=1S/C39H42N6O3/c1-27(2)44-21-23-45(24-22-44)32-15-13-31(14-16-32)41-39-40-25-35(37(46)42-36-28(3)9-8-10-29(36)4)38(43-39)48-34-19-17-33(18-20-34)47-26-30-11-6-5-7-12-30/h5-20,25,27H,21-24,26H2,1-4H3,(H,42,46)(H,40,41,43). The van der Waals surface area contributed by atoms with Crippen LogP contribution in [0.15, 0.2) is 103 Å². The van der Waals surface area contributed by atoms with Gasteiger partial charge in [0.25, 0.3) is 5.91 Å². The lowest BCUT2D eigenvalue weighted by atomic mass is 10.1. The van der Waals surface area contributed by atoms with Gasteiger partial charge in [-0.1, -0.05) is 48.5 Å². The summed E-state index contributed by atoms with van der Waals surface area (Å²) >= 11 is 0. The first-order chi connectivity index (χ1) is 23.3. The highest BCUT2D eigenvalue weighted by atomic mass is 16.5. The molecule has 1 amide bonds. The van der Waals surface area contributed by atoms with Crippen LogP contribution in [-0.4, -0.2) is 53.0 Å². The van der Waals surface area contributed by atoms with Crippen molar-refractivity contribution in [1.82, 2.24) is 14.9 Å². The zero-order chi connectivity index (χ0) is 33.5. The van der Waals surface area contributed by atoms with E-state index in [9.17, 15) is 4.79 Å². The van der Waals surface area contributed by atoms with Gasteiger partial charge in [0, 0.05) is 55.5 Å². The van der Waals surface area contributed by atoms with Crippen molar-refractivity contribution in [2.75, 3.05) is 41.7 Å². The Morgan fingerprint density at radius 1 is 0.812 bits per heavy atom. The zero-order valence-electron chi connectivity index (χ0n) is 27.9. The topological polar surface area (TPSA) is 91.9 Å². The Morgan fingerprint density at radius 2 is 1.48 bits per heavy atom. The Balaban J connectivity index is 1.19. The van der Waals surface area contributed by atoms with Crippen LogP contribution in [0.2, 0.25) is 0 Å². The number of hydrogen-bond acceptors (Lipinski definition) is 8. The van der Waals surface area contributed by atoms with E-state index in [0.717, 1.165) is 54.2 Å². The minimum absolute atomic E-state index is 0.133. The number of piperazine rings is 1. The third-order valence-electron chi connectivity index (χ3n) is 8.54. The predicted molar refractivity (Wildman–Crippen MR) is 192 cm³/mol. The maximum Gasteiger partial charge on any atom is 0.262 e. The highest BCUT2D eigenvalue weighted by Crippen LogP contribution is 2.29. The molecule has 4 aromatic carbocycles. The van der Waals surface area contributed by atoms with E-state index < -0.39 is 0 Å². The molecule has 1 aromatic heterocycles. The molecule has 2 heterocycles. The van der Waals surface area contributed by atoms with E-state index in [1.165, 1.54) is 11.9 Å². The van der Waals surface area contributed by atoms with E-state index in [1.807, 2.05) is 86.6 Å². The first-order valence-electron chi connectivity index (χ1n) is 16.4. The summed E-state index contributed by atoms with van der Waals surface area (Å²) in [5.74, 6) is 1.30.